The van der Waals surface area contributed by atoms with Crippen molar-refractivity contribution in [2.75, 3.05) is 0 Å². The molecule has 0 fully saturated rings. The standard InChI is InChI=1S/C15H21N5O2S/c1-7(2)20-15(17-18-19-20)23-11(6)14(22)13-8(3)12(10(5)21)9(4)16-13/h7,11,16H,1-6H3/t11-/m1/s1. The third kappa shape index (κ3) is 3.36. The van der Waals surface area contributed by atoms with E-state index < -0.39 is 0 Å². The highest BCUT2D eigenvalue weighted by atomic mass is 32.2. The minimum Gasteiger partial charge on any atom is -0.355 e. The molecule has 0 radical (unpaired) electrons. The normalized spacial score (nSPS) is 12.7. The molecule has 2 aromatic rings. The van der Waals surface area contributed by atoms with E-state index in [2.05, 4.69) is 20.5 Å². The Kier molecular flexibility index (Phi) is 5.03. The number of aromatic nitrogens is 5. The quantitative estimate of drug-likeness (QED) is 0.644. The summed E-state index contributed by atoms with van der Waals surface area (Å²) >= 11 is 1.31. The monoisotopic (exact) mass is 335 g/mol. The first-order chi connectivity index (χ1) is 10.7. The summed E-state index contributed by atoms with van der Waals surface area (Å²) in [5.41, 5.74) is 2.51. The maximum absolute atomic E-state index is 12.7. The van der Waals surface area contributed by atoms with E-state index in [-0.39, 0.29) is 22.9 Å². The number of Topliss-reactive ketones (excluding diaryl/α,β-unsaturated/α-hetero) is 2. The van der Waals surface area contributed by atoms with E-state index in [1.807, 2.05) is 20.8 Å². The van der Waals surface area contributed by atoms with Gasteiger partial charge < -0.3 is 4.98 Å². The van der Waals surface area contributed by atoms with Gasteiger partial charge in [-0.2, -0.15) is 0 Å². The number of thioether (sulfide) groups is 1. The fourth-order valence-corrected chi connectivity index (χ4v) is 3.51. The lowest BCUT2D eigenvalue weighted by Gasteiger charge is -2.11. The van der Waals surface area contributed by atoms with Gasteiger partial charge in [0.2, 0.25) is 5.16 Å². The fraction of sp³-hybridized carbons (Fsp3) is 0.533. The van der Waals surface area contributed by atoms with Crippen molar-refractivity contribution in [3.8, 4) is 0 Å². The molecule has 0 aliphatic carbocycles. The van der Waals surface area contributed by atoms with Gasteiger partial charge in [0.1, 0.15) is 0 Å². The van der Waals surface area contributed by atoms with E-state index in [0.717, 1.165) is 5.69 Å². The third-order valence-corrected chi connectivity index (χ3v) is 4.69. The summed E-state index contributed by atoms with van der Waals surface area (Å²) in [7, 11) is 0. The number of nitrogens with zero attached hydrogens (tertiary/aromatic N) is 4. The summed E-state index contributed by atoms with van der Waals surface area (Å²) < 4.78 is 1.68. The molecule has 23 heavy (non-hydrogen) atoms. The summed E-state index contributed by atoms with van der Waals surface area (Å²) in [5, 5.41) is 11.8. The van der Waals surface area contributed by atoms with E-state index in [1.165, 1.54) is 18.7 Å². The van der Waals surface area contributed by atoms with Crippen molar-refractivity contribution in [1.29, 1.82) is 0 Å². The molecule has 0 aliphatic heterocycles. The van der Waals surface area contributed by atoms with E-state index >= 15 is 0 Å². The highest BCUT2D eigenvalue weighted by Crippen LogP contribution is 2.27. The molecule has 0 saturated carbocycles. The lowest BCUT2D eigenvalue weighted by Crippen LogP contribution is -2.17. The van der Waals surface area contributed by atoms with Gasteiger partial charge in [-0.15, -0.1) is 5.10 Å². The largest absolute Gasteiger partial charge is 0.355 e. The molecular formula is C15H21N5O2S. The van der Waals surface area contributed by atoms with Crippen LogP contribution in [0.1, 0.15) is 65.8 Å². The number of aryl methyl sites for hydroxylation is 1. The number of rotatable bonds is 6. The van der Waals surface area contributed by atoms with Crippen molar-refractivity contribution in [2.24, 2.45) is 0 Å². The molecule has 0 aliphatic rings. The Balaban J connectivity index is 2.25. The van der Waals surface area contributed by atoms with Gasteiger partial charge in [-0.25, -0.2) is 4.68 Å². The predicted octanol–water partition coefficient (Wildman–Crippen LogP) is 2.77. The van der Waals surface area contributed by atoms with Crippen molar-refractivity contribution in [1.82, 2.24) is 25.2 Å². The number of H-pyrrole nitrogens is 1. The second-order valence-electron chi connectivity index (χ2n) is 5.81. The predicted molar refractivity (Wildman–Crippen MR) is 88.1 cm³/mol. The molecular weight excluding hydrogens is 314 g/mol. The first kappa shape index (κ1) is 17.4. The van der Waals surface area contributed by atoms with Crippen LogP contribution < -0.4 is 0 Å². The molecule has 2 aromatic heterocycles. The molecule has 0 amide bonds. The van der Waals surface area contributed by atoms with Crippen molar-refractivity contribution in [3.05, 3.63) is 22.5 Å². The third-order valence-electron chi connectivity index (χ3n) is 3.64. The number of hydrogen-bond acceptors (Lipinski definition) is 6. The molecule has 124 valence electrons. The molecule has 1 N–H and O–H groups in total. The van der Waals surface area contributed by atoms with Crippen molar-refractivity contribution < 1.29 is 9.59 Å². The number of ketones is 2. The molecule has 0 unspecified atom stereocenters. The topological polar surface area (TPSA) is 93.5 Å². The highest BCUT2D eigenvalue weighted by Gasteiger charge is 2.26. The van der Waals surface area contributed by atoms with Crippen molar-refractivity contribution >= 4 is 23.3 Å². The Labute approximate surface area is 139 Å². The van der Waals surface area contributed by atoms with Gasteiger partial charge in [0, 0.05) is 11.3 Å². The molecule has 8 heteroatoms. The van der Waals surface area contributed by atoms with E-state index in [0.29, 0.717) is 22.0 Å². The van der Waals surface area contributed by atoms with Gasteiger partial charge >= 0.3 is 0 Å². The average molecular weight is 335 g/mol. The molecule has 2 rings (SSSR count). The van der Waals surface area contributed by atoms with Gasteiger partial charge in [-0.1, -0.05) is 11.8 Å². The smallest absolute Gasteiger partial charge is 0.210 e. The molecule has 0 saturated heterocycles. The lowest BCUT2D eigenvalue weighted by atomic mass is 10.0. The van der Waals surface area contributed by atoms with Crippen LogP contribution in [0, 0.1) is 13.8 Å². The van der Waals surface area contributed by atoms with E-state index in [4.69, 9.17) is 0 Å². The molecule has 2 heterocycles. The minimum absolute atomic E-state index is 0.0423. The zero-order valence-corrected chi connectivity index (χ0v) is 15.0. The van der Waals surface area contributed by atoms with Crippen LogP contribution in [-0.4, -0.2) is 42.0 Å². The minimum atomic E-state index is -0.366. The van der Waals surface area contributed by atoms with Gasteiger partial charge in [0.25, 0.3) is 0 Å². The Morgan fingerprint density at radius 2 is 1.87 bits per heavy atom. The second kappa shape index (κ2) is 6.66. The maximum atomic E-state index is 12.7. The number of carbonyl (C=O) groups excluding carboxylic acids is 2. The van der Waals surface area contributed by atoms with Crippen LogP contribution in [-0.2, 0) is 0 Å². The molecule has 1 atom stereocenters. The van der Waals surface area contributed by atoms with E-state index in [1.54, 1.807) is 18.5 Å². The van der Waals surface area contributed by atoms with Gasteiger partial charge in [0.05, 0.1) is 17.0 Å². The summed E-state index contributed by atoms with van der Waals surface area (Å²) in [5.74, 6) is -0.110. The number of nitrogens with one attached hydrogen (secondary N) is 1. The Morgan fingerprint density at radius 1 is 1.22 bits per heavy atom. The van der Waals surface area contributed by atoms with Crippen LogP contribution in [0.2, 0.25) is 0 Å². The van der Waals surface area contributed by atoms with Crippen molar-refractivity contribution in [3.63, 3.8) is 0 Å². The van der Waals surface area contributed by atoms with Crippen molar-refractivity contribution in [2.45, 2.75) is 58.0 Å². The Hall–Kier alpha value is -1.96. The first-order valence-electron chi connectivity index (χ1n) is 7.42. The van der Waals surface area contributed by atoms with Crippen LogP contribution in [0.25, 0.3) is 0 Å². The van der Waals surface area contributed by atoms with Crippen LogP contribution in [0.15, 0.2) is 5.16 Å². The number of carbonyl (C=O) groups is 2. The first-order valence-corrected chi connectivity index (χ1v) is 8.30. The van der Waals surface area contributed by atoms with Crippen LogP contribution >= 0.6 is 11.8 Å². The fourth-order valence-electron chi connectivity index (χ4n) is 2.53. The summed E-state index contributed by atoms with van der Waals surface area (Å²) in [6.45, 7) is 10.9. The van der Waals surface area contributed by atoms with Gasteiger partial charge in [-0.05, 0) is 57.5 Å². The summed E-state index contributed by atoms with van der Waals surface area (Å²) in [4.78, 5) is 27.5. The SMILES string of the molecule is CC(=O)c1c(C)[nH]c(C(=O)[C@@H](C)Sc2nnnn2C(C)C)c1C. The zero-order chi connectivity index (χ0) is 17.3. The Morgan fingerprint density at radius 3 is 2.39 bits per heavy atom. The molecule has 7 nitrogen and oxygen atoms in total. The molecule has 0 spiro atoms. The van der Waals surface area contributed by atoms with Gasteiger partial charge in [0.15, 0.2) is 11.6 Å². The van der Waals surface area contributed by atoms with Gasteiger partial charge in [-0.3, -0.25) is 9.59 Å². The summed E-state index contributed by atoms with van der Waals surface area (Å²) in [6.07, 6.45) is 0. The molecule has 0 bridgehead atoms. The molecule has 0 aromatic carbocycles. The van der Waals surface area contributed by atoms with Crippen LogP contribution in [0.3, 0.4) is 0 Å². The number of tetrazole rings is 1. The Bertz CT molecular complexity index is 747. The second-order valence-corrected chi connectivity index (χ2v) is 7.11. The average Bonchev–Trinajstić information content (AvgIpc) is 3.02. The van der Waals surface area contributed by atoms with Crippen LogP contribution in [0.5, 0.6) is 0 Å². The van der Waals surface area contributed by atoms with Crippen LogP contribution in [0.4, 0.5) is 0 Å². The number of aromatic amines is 1. The zero-order valence-electron chi connectivity index (χ0n) is 14.2. The maximum Gasteiger partial charge on any atom is 0.210 e. The van der Waals surface area contributed by atoms with E-state index in [9.17, 15) is 9.59 Å². The summed E-state index contributed by atoms with van der Waals surface area (Å²) in [6, 6.07) is 0.119. The lowest BCUT2D eigenvalue weighted by molar-refractivity contribution is 0.0988. The number of hydrogen-bond donors (Lipinski definition) is 1. The highest BCUT2D eigenvalue weighted by molar-refractivity contribution is 8.00.